The van der Waals surface area contributed by atoms with Crippen molar-refractivity contribution in [2.75, 3.05) is 0 Å². The molecule has 0 aliphatic rings. The van der Waals surface area contributed by atoms with Gasteiger partial charge in [-0.2, -0.15) is 10.4 Å². The summed E-state index contributed by atoms with van der Waals surface area (Å²) in [6, 6.07) is 14.4. The van der Waals surface area contributed by atoms with E-state index >= 15 is 0 Å². The number of benzene rings is 2. The molecule has 0 amide bonds. The third-order valence-electron chi connectivity index (χ3n) is 4.23. The number of halogens is 1. The van der Waals surface area contributed by atoms with Crippen LogP contribution in [0.5, 0.6) is 11.5 Å². The molecule has 0 atom stereocenters. The summed E-state index contributed by atoms with van der Waals surface area (Å²) in [6.07, 6.45) is 1.30. The van der Waals surface area contributed by atoms with Gasteiger partial charge in [0.15, 0.2) is 0 Å². The van der Waals surface area contributed by atoms with Crippen molar-refractivity contribution in [3.05, 3.63) is 96.4 Å². The Morgan fingerprint density at radius 1 is 1.20 bits per heavy atom. The zero-order valence-electron chi connectivity index (χ0n) is 16.0. The molecule has 30 heavy (non-hydrogen) atoms. The number of rotatable bonds is 5. The maximum absolute atomic E-state index is 12.4. The molecule has 8 nitrogen and oxygen atoms in total. The Hall–Kier alpha value is -3.96. The van der Waals surface area contributed by atoms with Crippen LogP contribution in [0.4, 0.5) is 5.69 Å². The lowest BCUT2D eigenvalue weighted by atomic mass is 10.1. The van der Waals surface area contributed by atoms with Crippen molar-refractivity contribution < 1.29 is 9.66 Å². The van der Waals surface area contributed by atoms with Crippen molar-refractivity contribution in [2.45, 2.75) is 13.8 Å². The molecular formula is C21H15ClN4O4. The summed E-state index contributed by atoms with van der Waals surface area (Å²) in [5, 5.41) is 25.1. The fourth-order valence-electron chi connectivity index (χ4n) is 2.77. The lowest BCUT2D eigenvalue weighted by Crippen LogP contribution is -2.22. The van der Waals surface area contributed by atoms with Gasteiger partial charge in [-0.15, -0.1) is 0 Å². The van der Waals surface area contributed by atoms with E-state index in [4.69, 9.17) is 21.6 Å². The van der Waals surface area contributed by atoms with Gasteiger partial charge in [-0.1, -0.05) is 23.7 Å². The second kappa shape index (κ2) is 8.59. The predicted molar refractivity (Wildman–Crippen MR) is 113 cm³/mol. The van der Waals surface area contributed by atoms with Gasteiger partial charge in [0.1, 0.15) is 17.4 Å². The van der Waals surface area contributed by atoms with Crippen molar-refractivity contribution in [3.63, 3.8) is 0 Å². The average molecular weight is 423 g/mol. The minimum atomic E-state index is -0.583. The topological polar surface area (TPSA) is 111 Å². The van der Waals surface area contributed by atoms with Crippen molar-refractivity contribution >= 4 is 23.5 Å². The first-order valence-electron chi connectivity index (χ1n) is 8.70. The minimum Gasteiger partial charge on any atom is -0.449 e. The van der Waals surface area contributed by atoms with Gasteiger partial charge < -0.3 is 4.74 Å². The maximum atomic E-state index is 12.4. The Kier molecular flexibility index (Phi) is 5.95. The smallest absolute Gasteiger partial charge is 0.312 e. The molecule has 9 heteroatoms. The van der Waals surface area contributed by atoms with E-state index in [0.717, 1.165) is 4.68 Å². The van der Waals surface area contributed by atoms with Crippen LogP contribution in [0.15, 0.2) is 58.4 Å². The zero-order valence-corrected chi connectivity index (χ0v) is 16.8. The van der Waals surface area contributed by atoms with E-state index in [1.54, 1.807) is 50.2 Å². The number of pyridine rings is 1. The SMILES string of the molecule is Cc1cc(C)n(/N=C/c2ccc(Oc3ccccc3Cl)c([N+](=O)[O-])c2)c(=O)c1C#N. The summed E-state index contributed by atoms with van der Waals surface area (Å²) in [5.41, 5.74) is 0.610. The third kappa shape index (κ3) is 4.21. The van der Waals surface area contributed by atoms with E-state index in [0.29, 0.717) is 21.8 Å². The summed E-state index contributed by atoms with van der Waals surface area (Å²) in [7, 11) is 0. The number of nitro groups is 1. The highest BCUT2D eigenvalue weighted by atomic mass is 35.5. The molecule has 3 rings (SSSR count). The first-order chi connectivity index (χ1) is 14.3. The molecule has 0 saturated heterocycles. The van der Waals surface area contributed by atoms with Gasteiger partial charge in [0, 0.05) is 17.3 Å². The number of aromatic nitrogens is 1. The zero-order chi connectivity index (χ0) is 21.8. The molecule has 1 aromatic heterocycles. The van der Waals surface area contributed by atoms with Crippen molar-refractivity contribution in [3.8, 4) is 17.6 Å². The van der Waals surface area contributed by atoms with E-state index in [1.165, 1.54) is 18.3 Å². The molecule has 0 fully saturated rings. The number of hydrogen-bond donors (Lipinski definition) is 0. The number of nitro benzene ring substituents is 1. The number of nitriles is 1. The van der Waals surface area contributed by atoms with E-state index in [-0.39, 0.29) is 22.7 Å². The van der Waals surface area contributed by atoms with Gasteiger partial charge in [-0.05, 0) is 49.7 Å². The van der Waals surface area contributed by atoms with Gasteiger partial charge in [0.25, 0.3) is 5.56 Å². The number of para-hydroxylation sites is 1. The summed E-state index contributed by atoms with van der Waals surface area (Å²) < 4.78 is 6.67. The maximum Gasteiger partial charge on any atom is 0.312 e. The molecule has 0 saturated carbocycles. The third-order valence-corrected chi connectivity index (χ3v) is 4.54. The van der Waals surface area contributed by atoms with Crippen LogP contribution in [0.1, 0.15) is 22.4 Å². The van der Waals surface area contributed by atoms with Crippen molar-refractivity contribution in [1.29, 1.82) is 5.26 Å². The summed E-state index contributed by atoms with van der Waals surface area (Å²) >= 11 is 6.05. The largest absolute Gasteiger partial charge is 0.449 e. The quantitative estimate of drug-likeness (QED) is 0.339. The van der Waals surface area contributed by atoms with Crippen LogP contribution < -0.4 is 10.3 Å². The van der Waals surface area contributed by atoms with Gasteiger partial charge in [-0.3, -0.25) is 14.9 Å². The number of nitrogens with zero attached hydrogens (tertiary/aromatic N) is 4. The average Bonchev–Trinajstić information content (AvgIpc) is 2.70. The van der Waals surface area contributed by atoms with Gasteiger partial charge in [0.2, 0.25) is 5.75 Å². The van der Waals surface area contributed by atoms with Crippen LogP contribution in [-0.2, 0) is 0 Å². The monoisotopic (exact) mass is 422 g/mol. The van der Waals surface area contributed by atoms with Crippen LogP contribution in [0.3, 0.4) is 0 Å². The molecular weight excluding hydrogens is 408 g/mol. The number of aryl methyl sites for hydroxylation is 2. The van der Waals surface area contributed by atoms with Gasteiger partial charge in [-0.25, -0.2) is 4.68 Å². The predicted octanol–water partition coefficient (Wildman–Crippen LogP) is 4.57. The molecule has 0 radical (unpaired) electrons. The summed E-state index contributed by atoms with van der Waals surface area (Å²) in [4.78, 5) is 23.3. The lowest BCUT2D eigenvalue weighted by molar-refractivity contribution is -0.385. The normalized spacial score (nSPS) is 10.7. The first kappa shape index (κ1) is 20.8. The summed E-state index contributed by atoms with van der Waals surface area (Å²) in [6.45, 7) is 3.35. The number of hydrogen-bond acceptors (Lipinski definition) is 6. The van der Waals surface area contributed by atoms with Crippen LogP contribution in [0.2, 0.25) is 5.02 Å². The molecule has 0 bridgehead atoms. The fourth-order valence-corrected chi connectivity index (χ4v) is 2.95. The second-order valence-corrected chi connectivity index (χ2v) is 6.74. The molecule has 0 spiro atoms. The lowest BCUT2D eigenvalue weighted by Gasteiger charge is -2.08. The molecule has 150 valence electrons. The Morgan fingerprint density at radius 2 is 1.93 bits per heavy atom. The molecule has 1 heterocycles. The van der Waals surface area contributed by atoms with E-state index in [2.05, 4.69) is 5.10 Å². The highest BCUT2D eigenvalue weighted by Crippen LogP contribution is 2.35. The van der Waals surface area contributed by atoms with Crippen molar-refractivity contribution in [2.24, 2.45) is 5.10 Å². The van der Waals surface area contributed by atoms with Crippen molar-refractivity contribution in [1.82, 2.24) is 4.68 Å². The molecule has 2 aromatic carbocycles. The Labute approximate surface area is 176 Å². The van der Waals surface area contributed by atoms with Gasteiger partial charge in [0.05, 0.1) is 16.2 Å². The second-order valence-electron chi connectivity index (χ2n) is 6.33. The summed E-state index contributed by atoms with van der Waals surface area (Å²) in [5.74, 6) is 0.301. The minimum absolute atomic E-state index is 0.00721. The highest BCUT2D eigenvalue weighted by Gasteiger charge is 2.17. The van der Waals surface area contributed by atoms with E-state index in [9.17, 15) is 14.9 Å². The van der Waals surface area contributed by atoms with E-state index in [1.807, 2.05) is 6.07 Å². The highest BCUT2D eigenvalue weighted by molar-refractivity contribution is 6.32. The molecule has 0 aliphatic heterocycles. The molecule has 0 N–H and O–H groups in total. The fraction of sp³-hybridized carbons (Fsp3) is 0.0952. The molecule has 3 aromatic rings. The Morgan fingerprint density at radius 3 is 2.60 bits per heavy atom. The Balaban J connectivity index is 1.98. The van der Waals surface area contributed by atoms with E-state index < -0.39 is 10.5 Å². The molecule has 0 unspecified atom stereocenters. The van der Waals surface area contributed by atoms with Crippen LogP contribution in [0.25, 0.3) is 0 Å². The molecule has 0 aliphatic carbocycles. The number of ether oxygens (including phenoxy) is 1. The van der Waals surface area contributed by atoms with Crippen LogP contribution in [0, 0.1) is 35.3 Å². The standard InChI is InChI=1S/C21H15ClN4O4/c1-13-9-14(2)25(21(27)16(13)11-23)24-12-15-7-8-20(18(10-15)26(28)29)30-19-6-4-3-5-17(19)22/h3-10,12H,1-2H3/b24-12+. The first-order valence-corrected chi connectivity index (χ1v) is 9.08. The van der Waals surface area contributed by atoms with Crippen LogP contribution >= 0.6 is 11.6 Å². The van der Waals surface area contributed by atoms with Crippen LogP contribution in [-0.4, -0.2) is 15.8 Å². The van der Waals surface area contributed by atoms with Gasteiger partial charge >= 0.3 is 5.69 Å². The Bertz CT molecular complexity index is 1270.